The van der Waals surface area contributed by atoms with Crippen molar-refractivity contribution in [3.8, 4) is 11.8 Å². The third kappa shape index (κ3) is 5.38. The number of benzene rings is 2. The van der Waals surface area contributed by atoms with Gasteiger partial charge in [-0.3, -0.25) is 5.32 Å². The molecule has 1 aliphatic rings. The van der Waals surface area contributed by atoms with Crippen molar-refractivity contribution in [3.63, 3.8) is 0 Å². The Labute approximate surface area is 176 Å². The van der Waals surface area contributed by atoms with Gasteiger partial charge in [0.2, 0.25) is 0 Å². The molecule has 1 amide bonds. The summed E-state index contributed by atoms with van der Waals surface area (Å²) in [6.45, 7) is 2.25. The van der Waals surface area contributed by atoms with Gasteiger partial charge in [-0.2, -0.15) is 18.4 Å². The number of ether oxygens (including phenoxy) is 3. The zero-order valence-corrected chi connectivity index (χ0v) is 16.8. The first-order chi connectivity index (χ1) is 14.7. The van der Waals surface area contributed by atoms with Crippen molar-refractivity contribution in [1.82, 2.24) is 0 Å². The fourth-order valence-corrected chi connectivity index (χ4v) is 3.21. The number of alkyl halides is 3. The summed E-state index contributed by atoms with van der Waals surface area (Å²) in [5.41, 5.74) is -0.536. The van der Waals surface area contributed by atoms with Gasteiger partial charge in [-0.1, -0.05) is 0 Å². The van der Waals surface area contributed by atoms with Crippen LogP contribution < -0.4 is 15.0 Å². The van der Waals surface area contributed by atoms with E-state index in [0.29, 0.717) is 23.7 Å². The Kier molecular flexibility index (Phi) is 6.56. The summed E-state index contributed by atoms with van der Waals surface area (Å²) in [6.07, 6.45) is -6.04. The lowest BCUT2D eigenvalue weighted by atomic mass is 10.1. The molecule has 164 valence electrons. The number of nitrogens with one attached hydrogen (secondary N) is 1. The van der Waals surface area contributed by atoms with Gasteiger partial charge in [0.1, 0.15) is 24.7 Å². The molecule has 2 aromatic carbocycles. The normalized spacial score (nSPS) is 18.4. The number of nitriles is 1. The van der Waals surface area contributed by atoms with Crippen LogP contribution in [0.5, 0.6) is 5.75 Å². The monoisotopic (exact) mass is 435 g/mol. The van der Waals surface area contributed by atoms with E-state index in [1.165, 1.54) is 19.2 Å². The van der Waals surface area contributed by atoms with E-state index >= 15 is 0 Å². The molecule has 0 radical (unpaired) electrons. The molecule has 0 spiro atoms. The maximum Gasteiger partial charge on any atom is 0.417 e. The van der Waals surface area contributed by atoms with Gasteiger partial charge in [0.15, 0.2) is 0 Å². The van der Waals surface area contributed by atoms with Gasteiger partial charge < -0.3 is 19.1 Å². The molecule has 31 heavy (non-hydrogen) atoms. The first-order valence-electron chi connectivity index (χ1n) is 9.32. The molecular weight excluding hydrogens is 415 g/mol. The zero-order chi connectivity index (χ0) is 22.6. The lowest BCUT2D eigenvalue weighted by molar-refractivity contribution is -0.137. The van der Waals surface area contributed by atoms with Gasteiger partial charge in [0.25, 0.3) is 0 Å². The van der Waals surface area contributed by atoms with Crippen LogP contribution in [0.1, 0.15) is 18.1 Å². The Morgan fingerprint density at radius 2 is 2.00 bits per heavy atom. The smallest absolute Gasteiger partial charge is 0.417 e. The molecule has 2 aromatic rings. The molecule has 1 aliphatic heterocycles. The summed E-state index contributed by atoms with van der Waals surface area (Å²) in [4.78, 5) is 12.9. The van der Waals surface area contributed by atoms with Gasteiger partial charge >= 0.3 is 12.3 Å². The van der Waals surface area contributed by atoms with Gasteiger partial charge in [-0.15, -0.1) is 0 Å². The van der Waals surface area contributed by atoms with E-state index in [-0.39, 0.29) is 12.7 Å². The Morgan fingerprint density at radius 3 is 2.61 bits per heavy atom. The fourth-order valence-electron chi connectivity index (χ4n) is 3.21. The fraction of sp³-hybridized carbons (Fsp3) is 0.333. The molecule has 1 saturated heterocycles. The Balaban J connectivity index is 1.63. The number of amides is 1. The lowest BCUT2D eigenvalue weighted by Gasteiger charge is -2.23. The van der Waals surface area contributed by atoms with Crippen molar-refractivity contribution in [1.29, 1.82) is 5.26 Å². The Hall–Kier alpha value is -3.45. The number of carbonyl (C=O) groups is 1. The predicted molar refractivity (Wildman–Crippen MR) is 106 cm³/mol. The number of hydrogen-bond acceptors (Lipinski definition) is 6. The summed E-state index contributed by atoms with van der Waals surface area (Å²) in [5.74, 6) is 0.544. The molecule has 0 aliphatic carbocycles. The molecule has 1 heterocycles. The molecule has 1 N–H and O–H groups in total. The highest BCUT2D eigenvalue weighted by molar-refractivity contribution is 5.84. The van der Waals surface area contributed by atoms with E-state index in [4.69, 9.17) is 14.7 Å². The number of halogens is 3. The summed E-state index contributed by atoms with van der Waals surface area (Å²) in [7, 11) is 1.26. The first-order valence-corrected chi connectivity index (χ1v) is 9.32. The average Bonchev–Trinajstić information content (AvgIpc) is 3.12. The minimum Gasteiger partial charge on any atom is -0.491 e. The molecule has 1 fully saturated rings. The van der Waals surface area contributed by atoms with Crippen molar-refractivity contribution in [3.05, 3.63) is 53.6 Å². The number of nitrogens with zero attached hydrogens (tertiary/aromatic N) is 2. The topological polar surface area (TPSA) is 83.8 Å². The molecule has 3 rings (SSSR count). The highest BCUT2D eigenvalue weighted by Crippen LogP contribution is 2.36. The molecule has 0 saturated carbocycles. The van der Waals surface area contributed by atoms with Gasteiger partial charge in [0.05, 0.1) is 30.9 Å². The van der Waals surface area contributed by atoms with Crippen LogP contribution in [0.25, 0.3) is 0 Å². The standard InChI is InChI=1S/C21H20F3N3O4/c1-13-27(16-6-3-14(10-25)19(9-16)21(22,23)24)11-18(31-13)12-30-17-7-4-15(5-8-17)26-20(28)29-2/h3-9,13,18H,11-12H2,1-2H3,(H,26,28)/t13-,18+/m1/s1. The molecule has 2 atom stereocenters. The second-order valence-electron chi connectivity index (χ2n) is 6.80. The van der Waals surface area contributed by atoms with Gasteiger partial charge in [-0.05, 0) is 49.4 Å². The number of methoxy groups -OCH3 is 1. The number of hydrogen-bond donors (Lipinski definition) is 1. The molecule has 0 bridgehead atoms. The van der Waals surface area contributed by atoms with Crippen LogP contribution in [0.2, 0.25) is 0 Å². The van der Waals surface area contributed by atoms with Crippen LogP contribution in [-0.4, -0.2) is 38.7 Å². The third-order valence-electron chi connectivity index (χ3n) is 4.71. The van der Waals surface area contributed by atoms with E-state index in [0.717, 1.165) is 6.07 Å². The maximum absolute atomic E-state index is 13.3. The lowest BCUT2D eigenvalue weighted by Crippen LogP contribution is -2.28. The Bertz CT molecular complexity index is 973. The highest BCUT2D eigenvalue weighted by atomic mass is 19.4. The van der Waals surface area contributed by atoms with Crippen molar-refractivity contribution in [2.45, 2.75) is 25.4 Å². The minimum atomic E-state index is -4.62. The Morgan fingerprint density at radius 1 is 1.29 bits per heavy atom. The van der Waals surface area contributed by atoms with E-state index < -0.39 is 29.6 Å². The first kappa shape index (κ1) is 22.2. The van der Waals surface area contributed by atoms with Crippen LogP contribution in [0.3, 0.4) is 0 Å². The molecule has 0 aromatic heterocycles. The quantitative estimate of drug-likeness (QED) is 0.750. The summed E-state index contributed by atoms with van der Waals surface area (Å²) in [5, 5.41) is 11.5. The summed E-state index contributed by atoms with van der Waals surface area (Å²) in [6, 6.07) is 11.8. The number of rotatable bonds is 5. The van der Waals surface area contributed by atoms with Crippen LogP contribution in [0.15, 0.2) is 42.5 Å². The highest BCUT2D eigenvalue weighted by Gasteiger charge is 2.36. The second-order valence-corrected chi connectivity index (χ2v) is 6.80. The number of anilines is 2. The average molecular weight is 435 g/mol. The van der Waals surface area contributed by atoms with Crippen LogP contribution >= 0.6 is 0 Å². The van der Waals surface area contributed by atoms with Crippen molar-refractivity contribution >= 4 is 17.5 Å². The second kappa shape index (κ2) is 9.14. The minimum absolute atomic E-state index is 0.188. The van der Waals surface area contributed by atoms with E-state index in [1.807, 2.05) is 0 Å². The largest absolute Gasteiger partial charge is 0.491 e. The van der Waals surface area contributed by atoms with E-state index in [1.54, 1.807) is 42.2 Å². The molecule has 7 nitrogen and oxygen atoms in total. The number of carbonyl (C=O) groups excluding carboxylic acids is 1. The van der Waals surface area contributed by atoms with Crippen LogP contribution in [-0.2, 0) is 15.7 Å². The third-order valence-corrected chi connectivity index (χ3v) is 4.71. The van der Waals surface area contributed by atoms with Crippen molar-refractivity contribution < 1.29 is 32.2 Å². The SMILES string of the molecule is COC(=O)Nc1ccc(OC[C@@H]2CN(c3ccc(C#N)c(C(F)(F)F)c3)[C@@H](C)O2)cc1. The molecular formula is C21H20F3N3O4. The van der Waals surface area contributed by atoms with E-state index in [9.17, 15) is 18.0 Å². The van der Waals surface area contributed by atoms with E-state index in [2.05, 4.69) is 10.1 Å². The van der Waals surface area contributed by atoms with Crippen LogP contribution in [0.4, 0.5) is 29.3 Å². The summed E-state index contributed by atoms with van der Waals surface area (Å²) < 4.78 is 55.8. The maximum atomic E-state index is 13.3. The predicted octanol–water partition coefficient (Wildman–Crippen LogP) is 4.39. The zero-order valence-electron chi connectivity index (χ0n) is 16.8. The van der Waals surface area contributed by atoms with Crippen molar-refractivity contribution in [2.75, 3.05) is 30.5 Å². The summed E-state index contributed by atoms with van der Waals surface area (Å²) >= 11 is 0. The van der Waals surface area contributed by atoms with Crippen molar-refractivity contribution in [2.24, 2.45) is 0 Å². The molecule has 10 heteroatoms. The van der Waals surface area contributed by atoms with Crippen LogP contribution in [0, 0.1) is 11.3 Å². The van der Waals surface area contributed by atoms with Gasteiger partial charge in [0, 0.05) is 11.4 Å². The van der Waals surface area contributed by atoms with Gasteiger partial charge in [-0.25, -0.2) is 4.79 Å². The molecule has 0 unspecified atom stereocenters.